The lowest BCUT2D eigenvalue weighted by atomic mass is 10.0. The Hall–Kier alpha value is -2.83. The maximum absolute atomic E-state index is 13.0. The van der Waals surface area contributed by atoms with Crippen LogP contribution in [0.1, 0.15) is 36.0 Å². The summed E-state index contributed by atoms with van der Waals surface area (Å²) in [5, 5.41) is 3.62. The number of carbonyl (C=O) groups excluding carboxylic acids is 1. The van der Waals surface area contributed by atoms with E-state index in [1.54, 1.807) is 23.5 Å². The highest BCUT2D eigenvalue weighted by molar-refractivity contribution is 7.23. The average Bonchev–Trinajstić information content (AvgIpc) is 3.29. The van der Waals surface area contributed by atoms with Crippen molar-refractivity contribution in [3.05, 3.63) is 72.0 Å². The van der Waals surface area contributed by atoms with Gasteiger partial charge in [-0.2, -0.15) is 0 Å². The Kier molecular flexibility index (Phi) is 6.38. The number of benzene rings is 3. The lowest BCUT2D eigenvalue weighted by Gasteiger charge is -2.36. The highest BCUT2D eigenvalue weighted by Gasteiger charge is 2.24. The number of piperidine rings is 1. The topological polar surface area (TPSA) is 36.4 Å². The lowest BCUT2D eigenvalue weighted by molar-refractivity contribution is 0.0972. The van der Waals surface area contributed by atoms with Crippen molar-refractivity contribution in [2.45, 2.75) is 31.7 Å². The number of nitrogens with zero attached hydrogens (tertiary/aromatic N) is 3. The molecular formula is C27H28FN3OS. The molecule has 4 aromatic rings. The Morgan fingerprint density at radius 2 is 1.85 bits per heavy atom. The van der Waals surface area contributed by atoms with E-state index in [0.29, 0.717) is 18.0 Å². The van der Waals surface area contributed by atoms with Crippen LogP contribution in [-0.2, 0) is 0 Å². The third kappa shape index (κ3) is 4.77. The van der Waals surface area contributed by atoms with Gasteiger partial charge in [0.1, 0.15) is 5.82 Å². The number of likely N-dealkylation sites (tertiary alicyclic amines) is 1. The van der Waals surface area contributed by atoms with E-state index >= 15 is 0 Å². The summed E-state index contributed by atoms with van der Waals surface area (Å²) in [6.07, 6.45) is 3.53. The molecule has 6 heteroatoms. The fourth-order valence-electron chi connectivity index (χ4n) is 4.72. The van der Waals surface area contributed by atoms with Gasteiger partial charge in [0.15, 0.2) is 10.9 Å². The molecule has 1 aliphatic rings. The van der Waals surface area contributed by atoms with E-state index < -0.39 is 0 Å². The number of ketones is 1. The van der Waals surface area contributed by atoms with Gasteiger partial charge in [0.25, 0.3) is 0 Å². The lowest BCUT2D eigenvalue weighted by Crippen LogP contribution is -2.43. The molecule has 0 radical (unpaired) electrons. The van der Waals surface area contributed by atoms with Gasteiger partial charge in [0.2, 0.25) is 0 Å². The number of halogens is 1. The second-order valence-electron chi connectivity index (χ2n) is 8.85. The Labute approximate surface area is 197 Å². The minimum Gasteiger partial charge on any atom is -0.348 e. The fraction of sp³-hybridized carbons (Fsp3) is 0.333. The predicted octanol–water partition coefficient (Wildman–Crippen LogP) is 6.15. The molecular weight excluding hydrogens is 433 g/mol. The third-order valence-corrected chi connectivity index (χ3v) is 7.91. The van der Waals surface area contributed by atoms with Gasteiger partial charge in [0, 0.05) is 43.5 Å². The van der Waals surface area contributed by atoms with Gasteiger partial charge in [0.05, 0.1) is 10.2 Å². The average molecular weight is 462 g/mol. The molecule has 4 nitrogen and oxygen atoms in total. The second-order valence-corrected chi connectivity index (χ2v) is 9.83. The Bertz CT molecular complexity index is 1260. The van der Waals surface area contributed by atoms with E-state index in [0.717, 1.165) is 49.5 Å². The van der Waals surface area contributed by atoms with Gasteiger partial charge >= 0.3 is 0 Å². The molecule has 0 atom stereocenters. The molecule has 0 amide bonds. The number of anilines is 1. The highest BCUT2D eigenvalue weighted by Crippen LogP contribution is 2.35. The van der Waals surface area contributed by atoms with Crippen molar-refractivity contribution in [1.29, 1.82) is 0 Å². The summed E-state index contributed by atoms with van der Waals surface area (Å²) in [5.74, 6) is -0.216. The number of hydrogen-bond acceptors (Lipinski definition) is 5. The van der Waals surface area contributed by atoms with Crippen LogP contribution < -0.4 is 4.90 Å². The molecule has 1 aliphatic heterocycles. The summed E-state index contributed by atoms with van der Waals surface area (Å²) < 4.78 is 14.3. The summed E-state index contributed by atoms with van der Waals surface area (Å²) in [7, 11) is 2.17. The Balaban J connectivity index is 1.14. The zero-order chi connectivity index (χ0) is 22.8. The minimum absolute atomic E-state index is 0.0907. The SMILES string of the molecule is CN(c1nc2ccc3ccccc3c2s1)C1CCN(CCCC(=O)c2ccc(F)cc2)CC1. The van der Waals surface area contributed by atoms with Crippen molar-refractivity contribution < 1.29 is 9.18 Å². The normalized spacial score (nSPS) is 15.3. The van der Waals surface area contributed by atoms with Crippen LogP contribution in [-0.4, -0.2) is 48.4 Å². The summed E-state index contributed by atoms with van der Waals surface area (Å²) in [5.41, 5.74) is 1.67. The third-order valence-electron chi connectivity index (χ3n) is 6.72. The molecule has 33 heavy (non-hydrogen) atoms. The highest BCUT2D eigenvalue weighted by atomic mass is 32.1. The van der Waals surface area contributed by atoms with Crippen LogP contribution in [0, 0.1) is 5.82 Å². The first-order chi connectivity index (χ1) is 16.1. The van der Waals surface area contributed by atoms with Crippen molar-refractivity contribution in [2.75, 3.05) is 31.6 Å². The molecule has 0 bridgehead atoms. The molecule has 5 rings (SSSR count). The Morgan fingerprint density at radius 3 is 2.64 bits per heavy atom. The monoisotopic (exact) mass is 461 g/mol. The zero-order valence-electron chi connectivity index (χ0n) is 18.8. The van der Waals surface area contributed by atoms with Crippen LogP contribution in [0.2, 0.25) is 0 Å². The van der Waals surface area contributed by atoms with Gasteiger partial charge in [-0.05, 0) is 61.5 Å². The van der Waals surface area contributed by atoms with Crippen molar-refractivity contribution in [3.63, 3.8) is 0 Å². The van der Waals surface area contributed by atoms with Crippen molar-refractivity contribution >= 4 is 43.2 Å². The first-order valence-corrected chi connectivity index (χ1v) is 12.4. The van der Waals surface area contributed by atoms with E-state index in [2.05, 4.69) is 53.2 Å². The molecule has 170 valence electrons. The van der Waals surface area contributed by atoms with Gasteiger partial charge < -0.3 is 9.80 Å². The second kappa shape index (κ2) is 9.57. The molecule has 1 fully saturated rings. The molecule has 3 aromatic carbocycles. The number of aromatic nitrogens is 1. The summed E-state index contributed by atoms with van der Waals surface area (Å²) in [6, 6.07) is 19.1. The molecule has 0 aliphatic carbocycles. The van der Waals surface area contributed by atoms with E-state index in [1.807, 2.05) is 0 Å². The van der Waals surface area contributed by atoms with Gasteiger partial charge in [-0.15, -0.1) is 0 Å². The molecule has 2 heterocycles. The number of carbonyl (C=O) groups is 1. The molecule has 1 aromatic heterocycles. The standard InChI is InChI=1S/C27H28FN3OS/c1-30(27-29-24-13-10-19-5-2-3-6-23(19)26(24)33-27)22-14-17-31(18-15-22)16-4-7-25(32)20-8-11-21(28)12-9-20/h2-3,5-6,8-13,22H,4,7,14-18H2,1H3. The van der Waals surface area contributed by atoms with Gasteiger partial charge in [-0.3, -0.25) is 4.79 Å². The number of Topliss-reactive ketones (excluding diaryl/α,β-unsaturated/α-hetero) is 1. The number of fused-ring (bicyclic) bond motifs is 3. The quantitative estimate of drug-likeness (QED) is 0.309. The van der Waals surface area contributed by atoms with Crippen molar-refractivity contribution in [1.82, 2.24) is 9.88 Å². The van der Waals surface area contributed by atoms with E-state index in [9.17, 15) is 9.18 Å². The smallest absolute Gasteiger partial charge is 0.186 e. The number of hydrogen-bond donors (Lipinski definition) is 0. The van der Waals surface area contributed by atoms with Crippen molar-refractivity contribution in [3.8, 4) is 0 Å². The predicted molar refractivity (Wildman–Crippen MR) is 135 cm³/mol. The molecule has 0 N–H and O–H groups in total. The van der Waals surface area contributed by atoms with Crippen LogP contribution in [0.3, 0.4) is 0 Å². The van der Waals surface area contributed by atoms with Crippen LogP contribution in [0.25, 0.3) is 21.0 Å². The van der Waals surface area contributed by atoms with Gasteiger partial charge in [-0.1, -0.05) is 41.7 Å². The van der Waals surface area contributed by atoms with E-state index in [1.165, 1.54) is 27.6 Å². The molecule has 0 unspecified atom stereocenters. The number of thiazole rings is 1. The van der Waals surface area contributed by atoms with E-state index in [-0.39, 0.29) is 11.6 Å². The van der Waals surface area contributed by atoms with Crippen molar-refractivity contribution in [2.24, 2.45) is 0 Å². The summed E-state index contributed by atoms with van der Waals surface area (Å²) in [4.78, 5) is 22.0. The maximum atomic E-state index is 13.0. The molecule has 0 spiro atoms. The molecule has 1 saturated heterocycles. The van der Waals surface area contributed by atoms with Crippen LogP contribution in [0.15, 0.2) is 60.7 Å². The van der Waals surface area contributed by atoms with Gasteiger partial charge in [-0.25, -0.2) is 9.37 Å². The van der Waals surface area contributed by atoms with Crippen LogP contribution in [0.5, 0.6) is 0 Å². The first kappa shape index (κ1) is 22.0. The largest absolute Gasteiger partial charge is 0.348 e. The minimum atomic E-state index is -0.307. The zero-order valence-corrected chi connectivity index (χ0v) is 19.7. The molecule has 0 saturated carbocycles. The van der Waals surface area contributed by atoms with Crippen LogP contribution in [0.4, 0.5) is 9.52 Å². The summed E-state index contributed by atoms with van der Waals surface area (Å²) >= 11 is 1.79. The summed E-state index contributed by atoms with van der Waals surface area (Å²) in [6.45, 7) is 3.00. The Morgan fingerprint density at radius 1 is 1.09 bits per heavy atom. The first-order valence-electron chi connectivity index (χ1n) is 11.6. The van der Waals surface area contributed by atoms with E-state index in [4.69, 9.17) is 4.98 Å². The number of rotatable bonds is 7. The van der Waals surface area contributed by atoms with Crippen LogP contribution >= 0.6 is 11.3 Å². The fourth-order valence-corrected chi connectivity index (χ4v) is 5.86. The maximum Gasteiger partial charge on any atom is 0.186 e.